The third-order valence-corrected chi connectivity index (χ3v) is 5.42. The van der Waals surface area contributed by atoms with Gasteiger partial charge < -0.3 is 14.8 Å². The number of aromatic nitrogens is 2. The second kappa shape index (κ2) is 6.36. The molecule has 1 saturated carbocycles. The lowest BCUT2D eigenvalue weighted by atomic mass is 9.85. The van der Waals surface area contributed by atoms with Gasteiger partial charge in [0.15, 0.2) is 0 Å². The molecule has 130 valence electrons. The van der Waals surface area contributed by atoms with Crippen molar-refractivity contribution in [2.75, 3.05) is 24.8 Å². The molecule has 1 N–H and O–H groups in total. The molecule has 1 fully saturated rings. The summed E-state index contributed by atoms with van der Waals surface area (Å²) >= 11 is 0. The Morgan fingerprint density at radius 2 is 2.16 bits per heavy atom. The highest BCUT2D eigenvalue weighted by Crippen LogP contribution is 2.38. The molecule has 0 atom stereocenters. The lowest BCUT2D eigenvalue weighted by Crippen LogP contribution is -2.51. The van der Waals surface area contributed by atoms with E-state index in [9.17, 15) is 9.18 Å². The van der Waals surface area contributed by atoms with E-state index in [0.717, 1.165) is 42.4 Å². The first-order chi connectivity index (χ1) is 12.2. The lowest BCUT2D eigenvalue weighted by molar-refractivity contribution is 0.0753. The fourth-order valence-corrected chi connectivity index (χ4v) is 4.07. The Morgan fingerprint density at radius 1 is 1.36 bits per heavy atom. The Bertz CT molecular complexity index is 834. The van der Waals surface area contributed by atoms with E-state index < -0.39 is 0 Å². The highest BCUT2D eigenvalue weighted by molar-refractivity contribution is 6.08. The number of H-pyrrole nitrogens is 1. The van der Waals surface area contributed by atoms with Gasteiger partial charge in [-0.05, 0) is 37.7 Å². The second-order valence-electron chi connectivity index (χ2n) is 6.86. The van der Waals surface area contributed by atoms with Crippen LogP contribution in [0.25, 0.3) is 11.0 Å². The number of carbonyl (C=O) groups excluding carboxylic acids is 1. The minimum Gasteiger partial charge on any atom is -0.349 e. The molecule has 2 aliphatic rings. The molecule has 1 aliphatic heterocycles. The topological polar surface area (TPSA) is 76.0 Å². The van der Waals surface area contributed by atoms with Crippen molar-refractivity contribution in [3.63, 3.8) is 0 Å². The van der Waals surface area contributed by atoms with Gasteiger partial charge in [-0.1, -0.05) is 0 Å². The van der Waals surface area contributed by atoms with Crippen LogP contribution in [0.2, 0.25) is 0 Å². The van der Waals surface area contributed by atoms with Crippen molar-refractivity contribution >= 4 is 22.6 Å². The zero-order valence-electron chi connectivity index (χ0n) is 13.9. The maximum absolute atomic E-state index is 13.0. The summed E-state index contributed by atoms with van der Waals surface area (Å²) in [6, 6.07) is 4.26. The largest absolute Gasteiger partial charge is 0.349 e. The summed E-state index contributed by atoms with van der Waals surface area (Å²) in [7, 11) is 0. The van der Waals surface area contributed by atoms with Crippen molar-refractivity contribution < 1.29 is 9.18 Å². The van der Waals surface area contributed by atoms with Gasteiger partial charge in [0.25, 0.3) is 5.91 Å². The van der Waals surface area contributed by atoms with Crippen LogP contribution in [0.4, 0.5) is 10.1 Å². The van der Waals surface area contributed by atoms with E-state index in [2.05, 4.69) is 20.9 Å². The number of rotatable bonds is 3. The number of alkyl halides is 1. The first-order valence-corrected chi connectivity index (χ1v) is 8.68. The Labute approximate surface area is 145 Å². The molecular formula is C18H20FN5O. The van der Waals surface area contributed by atoms with Crippen molar-refractivity contribution in [2.24, 2.45) is 5.92 Å². The van der Waals surface area contributed by atoms with E-state index in [1.54, 1.807) is 11.1 Å². The molecule has 0 unspecified atom stereocenters. The van der Waals surface area contributed by atoms with Crippen LogP contribution >= 0.6 is 0 Å². The van der Waals surface area contributed by atoms with Gasteiger partial charge in [-0.2, -0.15) is 5.26 Å². The Hall–Kier alpha value is -2.62. The second-order valence-corrected chi connectivity index (χ2v) is 6.86. The quantitative estimate of drug-likeness (QED) is 0.871. The monoisotopic (exact) mass is 341 g/mol. The van der Waals surface area contributed by atoms with E-state index in [0.29, 0.717) is 12.2 Å². The molecule has 1 amide bonds. The minimum atomic E-state index is -0.256. The third kappa shape index (κ3) is 2.62. The molecule has 3 heterocycles. The molecular weight excluding hydrogens is 321 g/mol. The van der Waals surface area contributed by atoms with Crippen LogP contribution in [-0.4, -0.2) is 46.7 Å². The highest BCUT2D eigenvalue weighted by atomic mass is 19.1. The van der Waals surface area contributed by atoms with Crippen LogP contribution in [0.5, 0.6) is 0 Å². The van der Waals surface area contributed by atoms with Crippen LogP contribution < -0.4 is 4.90 Å². The van der Waals surface area contributed by atoms with Crippen LogP contribution in [0.3, 0.4) is 0 Å². The molecule has 0 spiro atoms. The number of aromatic amines is 1. The van der Waals surface area contributed by atoms with Gasteiger partial charge >= 0.3 is 0 Å². The molecule has 7 heteroatoms. The summed E-state index contributed by atoms with van der Waals surface area (Å²) in [6.45, 7) is 0.197. The van der Waals surface area contributed by atoms with Crippen molar-refractivity contribution in [1.29, 1.82) is 5.26 Å². The zero-order valence-corrected chi connectivity index (χ0v) is 13.9. The number of carbonyl (C=O) groups is 1. The predicted octanol–water partition coefficient (Wildman–Crippen LogP) is 2.83. The van der Waals surface area contributed by atoms with Crippen LogP contribution in [0, 0.1) is 17.2 Å². The van der Waals surface area contributed by atoms with Gasteiger partial charge in [-0.15, -0.1) is 0 Å². The molecule has 4 rings (SSSR count). The van der Waals surface area contributed by atoms with Crippen LogP contribution in [0.1, 0.15) is 36.0 Å². The summed E-state index contributed by atoms with van der Waals surface area (Å²) in [5, 5.41) is 9.99. The van der Waals surface area contributed by atoms with E-state index in [-0.39, 0.29) is 31.1 Å². The number of nitriles is 1. The number of amides is 1. The van der Waals surface area contributed by atoms with Crippen molar-refractivity contribution in [3.05, 3.63) is 24.0 Å². The van der Waals surface area contributed by atoms with E-state index in [1.807, 2.05) is 12.3 Å². The molecule has 0 saturated heterocycles. The van der Waals surface area contributed by atoms with Crippen molar-refractivity contribution in [1.82, 2.24) is 14.9 Å². The van der Waals surface area contributed by atoms with Gasteiger partial charge in [0.2, 0.25) is 0 Å². The molecule has 0 radical (unpaired) electrons. The normalized spacial score (nSPS) is 23.6. The molecule has 25 heavy (non-hydrogen) atoms. The number of halogens is 1. The smallest absolute Gasteiger partial charge is 0.259 e. The first-order valence-electron chi connectivity index (χ1n) is 8.68. The average Bonchev–Trinajstić information content (AvgIpc) is 3.13. The third-order valence-electron chi connectivity index (χ3n) is 5.42. The van der Waals surface area contributed by atoms with E-state index >= 15 is 0 Å². The molecule has 2 aromatic heterocycles. The SMILES string of the molecule is N#CCN1CN(C2CCC(CF)CC2)c2c(cnc3[nH]ccc23)C1=O. The number of nitrogens with zero attached hydrogens (tertiary/aromatic N) is 4. The van der Waals surface area contributed by atoms with Crippen molar-refractivity contribution in [2.45, 2.75) is 31.7 Å². The first kappa shape index (κ1) is 15.9. The average molecular weight is 341 g/mol. The fraction of sp³-hybridized carbons (Fsp3) is 0.500. The standard InChI is InChI=1S/C18H20FN5O/c19-9-12-1-3-13(4-2-12)24-11-23(8-6-20)18(25)15-10-22-17-14(16(15)24)5-7-21-17/h5,7,10,12-13H,1-4,8-9,11H2,(H,21,22). The number of anilines is 1. The molecule has 6 nitrogen and oxygen atoms in total. The summed E-state index contributed by atoms with van der Waals surface area (Å²) in [6.07, 6.45) is 6.94. The number of fused-ring (bicyclic) bond motifs is 3. The lowest BCUT2D eigenvalue weighted by Gasteiger charge is -2.44. The van der Waals surface area contributed by atoms with Gasteiger partial charge in [0.05, 0.1) is 30.7 Å². The molecule has 1 aliphatic carbocycles. The number of pyridine rings is 1. The molecule has 2 aromatic rings. The minimum absolute atomic E-state index is 0.0553. The Morgan fingerprint density at radius 3 is 2.88 bits per heavy atom. The number of nitrogens with one attached hydrogen (secondary N) is 1. The zero-order chi connectivity index (χ0) is 17.4. The van der Waals surface area contributed by atoms with E-state index in [1.165, 1.54) is 0 Å². The Kier molecular flexibility index (Phi) is 4.04. The van der Waals surface area contributed by atoms with Crippen LogP contribution in [0.15, 0.2) is 18.5 Å². The van der Waals surface area contributed by atoms with Gasteiger partial charge in [0, 0.05) is 23.8 Å². The maximum atomic E-state index is 13.0. The number of hydrogen-bond acceptors (Lipinski definition) is 4. The summed E-state index contributed by atoms with van der Waals surface area (Å²) in [4.78, 5) is 24.0. The van der Waals surface area contributed by atoms with Crippen molar-refractivity contribution in [3.8, 4) is 6.07 Å². The predicted molar refractivity (Wildman–Crippen MR) is 91.8 cm³/mol. The van der Waals surface area contributed by atoms with E-state index in [4.69, 9.17) is 5.26 Å². The molecule has 0 aromatic carbocycles. The highest BCUT2D eigenvalue weighted by Gasteiger charge is 2.36. The van der Waals surface area contributed by atoms with Gasteiger partial charge in [-0.3, -0.25) is 9.18 Å². The number of hydrogen-bond donors (Lipinski definition) is 1. The summed E-state index contributed by atoms with van der Waals surface area (Å²) in [5.74, 6) is 0.00270. The fourth-order valence-electron chi connectivity index (χ4n) is 4.07. The summed E-state index contributed by atoms with van der Waals surface area (Å²) < 4.78 is 13.0. The Balaban J connectivity index is 1.76. The van der Waals surface area contributed by atoms with Gasteiger partial charge in [-0.25, -0.2) is 4.98 Å². The maximum Gasteiger partial charge on any atom is 0.259 e. The summed E-state index contributed by atoms with van der Waals surface area (Å²) in [5.41, 5.74) is 2.19. The van der Waals surface area contributed by atoms with Crippen LogP contribution in [-0.2, 0) is 0 Å². The molecule has 0 bridgehead atoms. The van der Waals surface area contributed by atoms with Gasteiger partial charge in [0.1, 0.15) is 12.2 Å².